The topological polar surface area (TPSA) is 21.3 Å². The number of hydrogen-bond donors (Lipinski definition) is 1. The van der Waals surface area contributed by atoms with Crippen molar-refractivity contribution in [2.75, 3.05) is 19.7 Å². The third kappa shape index (κ3) is 1.70. The van der Waals surface area contributed by atoms with Crippen LogP contribution in [0.15, 0.2) is 23.6 Å². The van der Waals surface area contributed by atoms with Crippen LogP contribution in [0.3, 0.4) is 0 Å². The van der Waals surface area contributed by atoms with E-state index in [4.69, 9.17) is 4.74 Å². The third-order valence-electron chi connectivity index (χ3n) is 3.10. The summed E-state index contributed by atoms with van der Waals surface area (Å²) in [6.45, 7) is 5.18. The molecular weight excluding hydrogens is 218 g/mol. The van der Waals surface area contributed by atoms with E-state index >= 15 is 0 Å². The molecular formula is C13H15NOS. The average Bonchev–Trinajstić information content (AvgIpc) is 2.60. The first kappa shape index (κ1) is 10.1. The number of thiophene rings is 1. The van der Waals surface area contributed by atoms with Crippen molar-refractivity contribution in [3.8, 4) is 5.75 Å². The third-order valence-corrected chi connectivity index (χ3v) is 4.23. The predicted octanol–water partition coefficient (Wildman–Crippen LogP) is 2.81. The van der Waals surface area contributed by atoms with Crippen molar-refractivity contribution in [3.63, 3.8) is 0 Å². The summed E-state index contributed by atoms with van der Waals surface area (Å²) in [6.07, 6.45) is 0. The summed E-state index contributed by atoms with van der Waals surface area (Å²) in [5.41, 5.74) is 1.34. The lowest BCUT2D eigenvalue weighted by atomic mass is 10.1. The molecule has 0 amide bonds. The lowest BCUT2D eigenvalue weighted by Gasteiger charge is -2.26. The fourth-order valence-electron chi connectivity index (χ4n) is 1.95. The van der Waals surface area contributed by atoms with Gasteiger partial charge in [-0.25, -0.2) is 0 Å². The molecule has 2 nitrogen and oxygen atoms in total. The Morgan fingerprint density at radius 1 is 1.44 bits per heavy atom. The average molecular weight is 233 g/mol. The molecule has 84 valence electrons. The summed E-state index contributed by atoms with van der Waals surface area (Å²) in [6, 6.07) is 6.32. The van der Waals surface area contributed by atoms with E-state index in [2.05, 4.69) is 35.8 Å². The van der Waals surface area contributed by atoms with E-state index in [9.17, 15) is 0 Å². The van der Waals surface area contributed by atoms with E-state index in [1.807, 2.05) is 0 Å². The van der Waals surface area contributed by atoms with Crippen LogP contribution in [0.5, 0.6) is 5.75 Å². The van der Waals surface area contributed by atoms with Crippen LogP contribution >= 0.6 is 11.3 Å². The highest BCUT2D eigenvalue weighted by Crippen LogP contribution is 2.33. The van der Waals surface area contributed by atoms with Crippen molar-refractivity contribution < 1.29 is 4.74 Å². The number of nitrogens with one attached hydrogen (secondary N) is 1. The number of aryl methyl sites for hydroxylation is 1. The molecule has 0 bridgehead atoms. The second kappa shape index (κ2) is 4.07. The summed E-state index contributed by atoms with van der Waals surface area (Å²) in [4.78, 5) is 0. The van der Waals surface area contributed by atoms with Crippen LogP contribution < -0.4 is 10.1 Å². The van der Waals surface area contributed by atoms with Crippen molar-refractivity contribution >= 4 is 21.4 Å². The second-order valence-corrected chi connectivity index (χ2v) is 5.27. The monoisotopic (exact) mass is 233 g/mol. The normalized spacial score (nSPS) is 16.3. The van der Waals surface area contributed by atoms with Gasteiger partial charge in [-0.05, 0) is 29.3 Å². The van der Waals surface area contributed by atoms with Crippen molar-refractivity contribution in [1.82, 2.24) is 5.32 Å². The minimum atomic E-state index is 0.691. The lowest BCUT2D eigenvalue weighted by Crippen LogP contribution is -2.45. The molecule has 3 rings (SSSR count). The maximum absolute atomic E-state index is 5.91. The van der Waals surface area contributed by atoms with Gasteiger partial charge in [0.15, 0.2) is 0 Å². The van der Waals surface area contributed by atoms with Crippen LogP contribution in [0.25, 0.3) is 10.1 Å². The Labute approximate surface area is 99.2 Å². The number of hydrogen-bond acceptors (Lipinski definition) is 3. The van der Waals surface area contributed by atoms with Crippen LogP contribution in [0, 0.1) is 12.8 Å². The SMILES string of the molecule is Cc1csc2c(OCC3CNC3)cccc12. The molecule has 1 saturated heterocycles. The molecule has 1 aromatic carbocycles. The van der Waals surface area contributed by atoms with Gasteiger partial charge < -0.3 is 10.1 Å². The van der Waals surface area contributed by atoms with E-state index < -0.39 is 0 Å². The molecule has 1 aliphatic rings. The molecule has 0 aliphatic carbocycles. The van der Waals surface area contributed by atoms with Crippen molar-refractivity contribution in [2.24, 2.45) is 5.92 Å². The summed E-state index contributed by atoms with van der Waals surface area (Å²) >= 11 is 1.78. The minimum Gasteiger partial charge on any atom is -0.492 e. The number of benzene rings is 1. The Hall–Kier alpha value is -1.06. The molecule has 0 saturated carbocycles. The molecule has 3 heteroatoms. The van der Waals surface area contributed by atoms with Gasteiger partial charge in [0.25, 0.3) is 0 Å². The zero-order chi connectivity index (χ0) is 11.0. The smallest absolute Gasteiger partial charge is 0.137 e. The van der Waals surface area contributed by atoms with Crippen LogP contribution in [0.2, 0.25) is 0 Å². The van der Waals surface area contributed by atoms with Gasteiger partial charge in [-0.3, -0.25) is 0 Å². The number of fused-ring (bicyclic) bond motifs is 1. The van der Waals surface area contributed by atoms with Crippen molar-refractivity contribution in [1.29, 1.82) is 0 Å². The highest BCUT2D eigenvalue weighted by atomic mass is 32.1. The van der Waals surface area contributed by atoms with Gasteiger partial charge in [-0.2, -0.15) is 0 Å². The van der Waals surface area contributed by atoms with Crippen molar-refractivity contribution in [3.05, 3.63) is 29.1 Å². The van der Waals surface area contributed by atoms with E-state index in [-0.39, 0.29) is 0 Å². The fraction of sp³-hybridized carbons (Fsp3) is 0.385. The summed E-state index contributed by atoms with van der Waals surface area (Å²) in [7, 11) is 0. The molecule has 1 N–H and O–H groups in total. The first-order valence-electron chi connectivity index (χ1n) is 5.65. The largest absolute Gasteiger partial charge is 0.492 e. The fourth-order valence-corrected chi connectivity index (χ4v) is 2.97. The van der Waals surface area contributed by atoms with E-state index in [0.717, 1.165) is 25.4 Å². The van der Waals surface area contributed by atoms with Gasteiger partial charge in [0.1, 0.15) is 5.75 Å². The Balaban J connectivity index is 1.84. The summed E-state index contributed by atoms with van der Waals surface area (Å²) in [5.74, 6) is 1.74. The van der Waals surface area contributed by atoms with Gasteiger partial charge in [0.2, 0.25) is 0 Å². The molecule has 1 fully saturated rings. The molecule has 2 aromatic rings. The van der Waals surface area contributed by atoms with Crippen LogP contribution in [0.1, 0.15) is 5.56 Å². The van der Waals surface area contributed by atoms with Gasteiger partial charge in [-0.15, -0.1) is 11.3 Å². The molecule has 1 aliphatic heterocycles. The first-order chi connectivity index (χ1) is 7.84. The molecule has 0 unspecified atom stereocenters. The van der Waals surface area contributed by atoms with Crippen LogP contribution in [-0.2, 0) is 0 Å². The Kier molecular flexibility index (Phi) is 2.58. The number of ether oxygens (including phenoxy) is 1. The van der Waals surface area contributed by atoms with Crippen molar-refractivity contribution in [2.45, 2.75) is 6.92 Å². The molecule has 16 heavy (non-hydrogen) atoms. The number of rotatable bonds is 3. The predicted molar refractivity (Wildman–Crippen MR) is 68.4 cm³/mol. The standard InChI is InChI=1S/C13H15NOS/c1-9-8-16-13-11(9)3-2-4-12(13)15-7-10-5-14-6-10/h2-4,8,10,14H,5-7H2,1H3. The summed E-state index contributed by atoms with van der Waals surface area (Å²) < 4.78 is 7.19. The molecule has 0 atom stereocenters. The van der Waals surface area contributed by atoms with Gasteiger partial charge in [-0.1, -0.05) is 12.1 Å². The molecule has 2 heterocycles. The highest BCUT2D eigenvalue weighted by Gasteiger charge is 2.17. The summed E-state index contributed by atoms with van der Waals surface area (Å²) in [5, 5.41) is 6.79. The Morgan fingerprint density at radius 2 is 2.31 bits per heavy atom. The maximum atomic E-state index is 5.91. The Bertz CT molecular complexity index is 502. The zero-order valence-corrected chi connectivity index (χ0v) is 10.1. The van der Waals surface area contributed by atoms with Gasteiger partial charge in [0, 0.05) is 19.0 Å². The van der Waals surface area contributed by atoms with Crippen LogP contribution in [-0.4, -0.2) is 19.7 Å². The first-order valence-corrected chi connectivity index (χ1v) is 6.53. The van der Waals surface area contributed by atoms with Crippen LogP contribution in [0.4, 0.5) is 0 Å². The molecule has 0 spiro atoms. The zero-order valence-electron chi connectivity index (χ0n) is 9.32. The molecule has 1 aromatic heterocycles. The quantitative estimate of drug-likeness (QED) is 0.880. The van der Waals surface area contributed by atoms with E-state index in [1.165, 1.54) is 15.6 Å². The maximum Gasteiger partial charge on any atom is 0.137 e. The molecule has 0 radical (unpaired) electrons. The van der Waals surface area contributed by atoms with Gasteiger partial charge in [0.05, 0.1) is 11.3 Å². The van der Waals surface area contributed by atoms with E-state index in [1.54, 1.807) is 11.3 Å². The van der Waals surface area contributed by atoms with E-state index in [0.29, 0.717) is 5.92 Å². The Morgan fingerprint density at radius 3 is 3.06 bits per heavy atom. The highest BCUT2D eigenvalue weighted by molar-refractivity contribution is 7.17. The second-order valence-electron chi connectivity index (χ2n) is 4.39. The minimum absolute atomic E-state index is 0.691. The lowest BCUT2D eigenvalue weighted by molar-refractivity contribution is 0.201. The van der Waals surface area contributed by atoms with Gasteiger partial charge >= 0.3 is 0 Å².